The molecule has 0 heterocycles. The maximum absolute atomic E-state index is 11.2. The predicted molar refractivity (Wildman–Crippen MR) is 70.1 cm³/mol. The normalized spacial score (nSPS) is 11.2. The summed E-state index contributed by atoms with van der Waals surface area (Å²) in [6.07, 6.45) is 0.291. The van der Waals surface area contributed by atoms with Gasteiger partial charge >= 0.3 is 5.97 Å². The summed E-state index contributed by atoms with van der Waals surface area (Å²) in [7, 11) is -4.23. The van der Waals surface area contributed by atoms with E-state index in [1.54, 1.807) is 0 Å². The van der Waals surface area contributed by atoms with Crippen LogP contribution in [0.2, 0.25) is 0 Å². The molecule has 0 radical (unpaired) electrons. The van der Waals surface area contributed by atoms with Crippen molar-refractivity contribution in [2.45, 2.75) is 18.2 Å². The van der Waals surface area contributed by atoms with Gasteiger partial charge in [-0.2, -0.15) is 8.42 Å². The van der Waals surface area contributed by atoms with Gasteiger partial charge in [-0.25, -0.2) is 0 Å². The maximum Gasteiger partial charge on any atom is 0.311 e. The molecule has 0 fully saturated rings. The van der Waals surface area contributed by atoms with Crippen LogP contribution in [0.25, 0.3) is 0 Å². The van der Waals surface area contributed by atoms with E-state index in [-0.39, 0.29) is 16.6 Å². The second-order valence-electron chi connectivity index (χ2n) is 3.32. The molecular formula is C10H11IO5S. The first-order valence-corrected chi connectivity index (χ1v) is 7.66. The number of hydrogen-bond donors (Lipinski definition) is 1. The molecule has 0 aliphatic heterocycles. The van der Waals surface area contributed by atoms with E-state index in [1.807, 2.05) is 0 Å². The van der Waals surface area contributed by atoms with Crippen LogP contribution in [-0.4, -0.2) is 23.4 Å². The Labute approximate surface area is 113 Å². The zero-order chi connectivity index (χ0) is 13.1. The Balaban J connectivity index is 2.94. The molecule has 0 bridgehead atoms. The predicted octanol–water partition coefficient (Wildman–Crippen LogP) is 1.97. The highest BCUT2D eigenvalue weighted by Gasteiger charge is 2.14. The molecule has 94 valence electrons. The first-order valence-electron chi connectivity index (χ1n) is 4.69. The Morgan fingerprint density at radius 3 is 2.59 bits per heavy atom. The Morgan fingerprint density at radius 1 is 1.47 bits per heavy atom. The molecule has 0 spiro atoms. The number of esters is 1. The molecule has 1 aromatic carbocycles. The number of alkyl halides is 1. The van der Waals surface area contributed by atoms with Gasteiger partial charge < -0.3 is 4.74 Å². The summed E-state index contributed by atoms with van der Waals surface area (Å²) < 4.78 is 36.4. The molecule has 1 aromatic rings. The van der Waals surface area contributed by atoms with E-state index in [4.69, 9.17) is 9.29 Å². The number of hydrogen-bond acceptors (Lipinski definition) is 4. The summed E-state index contributed by atoms with van der Waals surface area (Å²) in [6, 6.07) is 3.94. The van der Waals surface area contributed by atoms with Crippen molar-refractivity contribution in [2.24, 2.45) is 0 Å². The van der Waals surface area contributed by atoms with Gasteiger partial charge in [0.25, 0.3) is 10.1 Å². The molecule has 5 nitrogen and oxygen atoms in total. The molecule has 0 saturated heterocycles. The van der Waals surface area contributed by atoms with Crippen LogP contribution in [0, 0.1) is 6.92 Å². The van der Waals surface area contributed by atoms with Crippen molar-refractivity contribution in [3.05, 3.63) is 23.8 Å². The molecule has 0 aliphatic carbocycles. The first kappa shape index (κ1) is 14.4. The second kappa shape index (κ2) is 5.78. The molecule has 0 atom stereocenters. The third kappa shape index (κ3) is 4.25. The molecule has 0 unspecified atom stereocenters. The fraction of sp³-hybridized carbons (Fsp3) is 0.300. The van der Waals surface area contributed by atoms with Gasteiger partial charge in [-0.05, 0) is 30.7 Å². The lowest BCUT2D eigenvalue weighted by atomic mass is 10.2. The highest BCUT2D eigenvalue weighted by molar-refractivity contribution is 14.1. The Morgan fingerprint density at radius 2 is 2.12 bits per heavy atom. The summed E-state index contributed by atoms with van der Waals surface area (Å²) in [5, 5.41) is 0. The van der Waals surface area contributed by atoms with E-state index >= 15 is 0 Å². The summed E-state index contributed by atoms with van der Waals surface area (Å²) in [4.78, 5) is 11.0. The molecular weight excluding hydrogens is 359 g/mol. The number of rotatable bonds is 4. The van der Waals surface area contributed by atoms with Crippen LogP contribution in [0.4, 0.5) is 0 Å². The minimum Gasteiger partial charge on any atom is -0.426 e. The lowest BCUT2D eigenvalue weighted by Crippen LogP contribution is -2.08. The lowest BCUT2D eigenvalue weighted by molar-refractivity contribution is -0.133. The highest BCUT2D eigenvalue weighted by atomic mass is 127. The minimum atomic E-state index is -4.23. The van der Waals surface area contributed by atoms with Crippen molar-refractivity contribution < 1.29 is 22.5 Å². The van der Waals surface area contributed by atoms with Crippen molar-refractivity contribution in [1.29, 1.82) is 0 Å². The third-order valence-corrected chi connectivity index (χ3v) is 3.51. The van der Waals surface area contributed by atoms with E-state index in [0.29, 0.717) is 16.4 Å². The van der Waals surface area contributed by atoms with Crippen molar-refractivity contribution in [3.8, 4) is 5.75 Å². The third-order valence-electron chi connectivity index (χ3n) is 1.95. The topological polar surface area (TPSA) is 80.7 Å². The van der Waals surface area contributed by atoms with Gasteiger partial charge in [-0.1, -0.05) is 22.6 Å². The van der Waals surface area contributed by atoms with E-state index < -0.39 is 10.1 Å². The Hall–Kier alpha value is -0.670. The SMILES string of the molecule is Cc1cc(OC(=O)CCI)ccc1S(=O)(=O)O. The summed E-state index contributed by atoms with van der Waals surface area (Å²) in [6.45, 7) is 1.51. The number of carbonyl (C=O) groups excluding carboxylic acids is 1. The first-order chi connectivity index (χ1) is 7.84. The van der Waals surface area contributed by atoms with E-state index in [1.165, 1.54) is 25.1 Å². The van der Waals surface area contributed by atoms with Crippen LogP contribution in [0.15, 0.2) is 23.1 Å². The Kier molecular flexibility index (Phi) is 4.90. The molecule has 0 aliphatic rings. The zero-order valence-electron chi connectivity index (χ0n) is 9.01. The van der Waals surface area contributed by atoms with Crippen molar-refractivity contribution in [3.63, 3.8) is 0 Å². The summed E-state index contributed by atoms with van der Waals surface area (Å²) >= 11 is 2.05. The average molecular weight is 370 g/mol. The van der Waals surface area contributed by atoms with Crippen molar-refractivity contribution >= 4 is 38.7 Å². The summed E-state index contributed by atoms with van der Waals surface area (Å²) in [5.74, 6) is -0.108. The number of benzene rings is 1. The number of halogens is 1. The van der Waals surface area contributed by atoms with E-state index in [2.05, 4.69) is 22.6 Å². The monoisotopic (exact) mass is 370 g/mol. The van der Waals surface area contributed by atoms with Crippen molar-refractivity contribution in [1.82, 2.24) is 0 Å². The van der Waals surface area contributed by atoms with Crippen LogP contribution in [0.1, 0.15) is 12.0 Å². The van der Waals surface area contributed by atoms with Crippen molar-refractivity contribution in [2.75, 3.05) is 4.43 Å². The molecule has 1 rings (SSSR count). The molecule has 7 heteroatoms. The minimum absolute atomic E-state index is 0.189. The van der Waals surface area contributed by atoms with Gasteiger partial charge in [0.05, 0.1) is 11.3 Å². The molecule has 0 saturated carbocycles. The van der Waals surface area contributed by atoms with Gasteiger partial charge in [0, 0.05) is 4.43 Å². The van der Waals surface area contributed by atoms with E-state index in [9.17, 15) is 13.2 Å². The quantitative estimate of drug-likeness (QED) is 0.288. The van der Waals surface area contributed by atoms with E-state index in [0.717, 1.165) is 0 Å². The highest BCUT2D eigenvalue weighted by Crippen LogP contribution is 2.21. The van der Waals surface area contributed by atoms with Crippen LogP contribution in [0.3, 0.4) is 0 Å². The standard InChI is InChI=1S/C10H11IO5S/c1-7-6-8(16-10(12)4-5-11)2-3-9(7)17(13,14)15/h2-3,6H,4-5H2,1H3,(H,13,14,15). The fourth-order valence-electron chi connectivity index (χ4n) is 1.23. The smallest absolute Gasteiger partial charge is 0.311 e. The molecule has 0 aromatic heterocycles. The summed E-state index contributed by atoms with van der Waals surface area (Å²) in [5.41, 5.74) is 0.326. The average Bonchev–Trinajstić information content (AvgIpc) is 2.15. The van der Waals surface area contributed by atoms with Gasteiger partial charge in [0.1, 0.15) is 5.75 Å². The van der Waals surface area contributed by atoms with Crippen LogP contribution in [-0.2, 0) is 14.9 Å². The van der Waals surface area contributed by atoms with Crippen LogP contribution >= 0.6 is 22.6 Å². The largest absolute Gasteiger partial charge is 0.426 e. The molecule has 17 heavy (non-hydrogen) atoms. The zero-order valence-corrected chi connectivity index (χ0v) is 12.0. The van der Waals surface area contributed by atoms with Crippen LogP contribution < -0.4 is 4.74 Å². The number of carbonyl (C=O) groups is 1. The second-order valence-corrected chi connectivity index (χ2v) is 5.78. The lowest BCUT2D eigenvalue weighted by Gasteiger charge is -2.06. The van der Waals surface area contributed by atoms with Crippen LogP contribution in [0.5, 0.6) is 5.75 Å². The maximum atomic E-state index is 11.2. The van der Waals surface area contributed by atoms with Gasteiger partial charge in [-0.3, -0.25) is 9.35 Å². The number of aryl methyl sites for hydroxylation is 1. The molecule has 0 amide bonds. The van der Waals surface area contributed by atoms with Gasteiger partial charge in [0.2, 0.25) is 0 Å². The Bertz CT molecular complexity index is 523. The van der Waals surface area contributed by atoms with Gasteiger partial charge in [0.15, 0.2) is 0 Å². The van der Waals surface area contributed by atoms with Gasteiger partial charge in [-0.15, -0.1) is 0 Å². The number of ether oxygens (including phenoxy) is 1. The molecule has 1 N–H and O–H groups in total. The fourth-order valence-corrected chi connectivity index (χ4v) is 2.38.